The molecule has 1 saturated heterocycles. The van der Waals surface area contributed by atoms with E-state index in [1.165, 1.54) is 0 Å². The molecule has 5 heteroatoms. The van der Waals surface area contributed by atoms with Crippen LogP contribution in [0.15, 0.2) is 49.3 Å². The quantitative estimate of drug-likeness (QED) is 0.765. The molecule has 24 heavy (non-hydrogen) atoms. The highest BCUT2D eigenvalue weighted by Gasteiger charge is 2.44. The van der Waals surface area contributed by atoms with Gasteiger partial charge in [-0.2, -0.15) is 5.10 Å². The minimum atomic E-state index is -0.416. The number of nitrogens with zero attached hydrogens (tertiary/aromatic N) is 3. The van der Waals surface area contributed by atoms with Crippen LogP contribution in [0.2, 0.25) is 5.02 Å². The predicted molar refractivity (Wildman–Crippen MR) is 97.0 cm³/mol. The van der Waals surface area contributed by atoms with Crippen molar-refractivity contribution >= 4 is 23.2 Å². The Labute approximate surface area is 147 Å². The van der Waals surface area contributed by atoms with E-state index in [0.29, 0.717) is 11.4 Å². The molecule has 1 aliphatic rings. The molecule has 0 aliphatic carbocycles. The van der Waals surface area contributed by atoms with E-state index in [-0.39, 0.29) is 11.9 Å². The van der Waals surface area contributed by atoms with Gasteiger partial charge in [-0.3, -0.25) is 9.48 Å². The highest BCUT2D eigenvalue weighted by molar-refractivity contribution is 6.30. The fraction of sp³-hybridized carbons (Fsp3) is 0.368. The summed E-state index contributed by atoms with van der Waals surface area (Å²) in [6.45, 7) is 5.85. The van der Waals surface area contributed by atoms with Crippen LogP contribution in [0.5, 0.6) is 0 Å². The molecule has 2 heterocycles. The summed E-state index contributed by atoms with van der Waals surface area (Å²) in [4.78, 5) is 15.2. The molecule has 0 saturated carbocycles. The zero-order valence-electron chi connectivity index (χ0n) is 14.1. The van der Waals surface area contributed by atoms with Crippen molar-refractivity contribution in [2.24, 2.45) is 12.5 Å². The molecular formula is C19H22ClN3O. The van der Waals surface area contributed by atoms with Gasteiger partial charge in [0.25, 0.3) is 0 Å². The van der Waals surface area contributed by atoms with Crippen LogP contribution in [0.25, 0.3) is 0 Å². The largest absolute Gasteiger partial charge is 0.301 e. The maximum absolute atomic E-state index is 13.3. The summed E-state index contributed by atoms with van der Waals surface area (Å²) < 4.78 is 1.72. The molecule has 0 bridgehead atoms. The van der Waals surface area contributed by atoms with Gasteiger partial charge in [-0.05, 0) is 37.0 Å². The molecule has 1 aromatic carbocycles. The molecule has 1 unspecified atom stereocenters. The first-order valence-electron chi connectivity index (χ1n) is 8.13. The number of hydrogen-bond acceptors (Lipinski definition) is 2. The van der Waals surface area contributed by atoms with E-state index in [1.54, 1.807) is 10.9 Å². The van der Waals surface area contributed by atoms with Crippen molar-refractivity contribution in [1.29, 1.82) is 0 Å². The van der Waals surface area contributed by atoms with Gasteiger partial charge in [-0.15, -0.1) is 6.58 Å². The molecule has 126 valence electrons. The van der Waals surface area contributed by atoms with Crippen LogP contribution in [0.4, 0.5) is 5.69 Å². The van der Waals surface area contributed by atoms with Gasteiger partial charge in [0, 0.05) is 18.3 Å². The van der Waals surface area contributed by atoms with Gasteiger partial charge in [0.15, 0.2) is 0 Å². The van der Waals surface area contributed by atoms with Gasteiger partial charge in [-0.25, -0.2) is 0 Å². The number of benzene rings is 1. The normalized spacial score (nSPS) is 24.2. The van der Waals surface area contributed by atoms with Gasteiger partial charge in [0.1, 0.15) is 0 Å². The highest BCUT2D eigenvalue weighted by atomic mass is 35.5. The van der Waals surface area contributed by atoms with Crippen LogP contribution in [-0.2, 0) is 11.8 Å². The van der Waals surface area contributed by atoms with Crippen LogP contribution in [0.1, 0.15) is 37.8 Å². The Kier molecular flexibility index (Phi) is 4.50. The molecule has 2 aromatic rings. The lowest BCUT2D eigenvalue weighted by atomic mass is 9.75. The number of rotatable bonds is 4. The van der Waals surface area contributed by atoms with Crippen molar-refractivity contribution < 1.29 is 4.79 Å². The summed E-state index contributed by atoms with van der Waals surface area (Å²) in [5.41, 5.74) is 1.51. The molecule has 4 nitrogen and oxygen atoms in total. The Morgan fingerprint density at radius 3 is 2.71 bits per heavy atom. The number of allylic oxidation sites excluding steroid dienone is 1. The number of halogens is 1. The SMILES string of the molecule is C=CC[C@@]1(C)CCC(c2ccc(Cl)cc2)N(c2cnn(C)c2)C1=O. The van der Waals surface area contributed by atoms with E-state index in [0.717, 1.165) is 24.1 Å². The van der Waals surface area contributed by atoms with Crippen LogP contribution < -0.4 is 4.90 Å². The number of carbonyl (C=O) groups excluding carboxylic acids is 1. The van der Waals surface area contributed by atoms with Gasteiger partial charge in [-0.1, -0.05) is 36.7 Å². The first-order chi connectivity index (χ1) is 11.4. The summed E-state index contributed by atoms with van der Waals surface area (Å²) in [6, 6.07) is 7.75. The smallest absolute Gasteiger partial charge is 0.233 e. The molecule has 0 radical (unpaired) electrons. The Hall–Kier alpha value is -2.07. The number of anilines is 1. The number of aryl methyl sites for hydroxylation is 1. The summed E-state index contributed by atoms with van der Waals surface area (Å²) in [5, 5.41) is 4.94. The second-order valence-corrected chi connectivity index (χ2v) is 7.14. The monoisotopic (exact) mass is 343 g/mol. The number of aromatic nitrogens is 2. The van der Waals surface area contributed by atoms with Gasteiger partial charge in [0.2, 0.25) is 5.91 Å². The molecule has 1 aliphatic heterocycles. The Morgan fingerprint density at radius 1 is 1.42 bits per heavy atom. The van der Waals surface area contributed by atoms with Crippen molar-refractivity contribution in [2.45, 2.75) is 32.2 Å². The van der Waals surface area contributed by atoms with Crippen LogP contribution in [0, 0.1) is 5.41 Å². The third-order valence-corrected chi connectivity index (χ3v) is 5.09. The fourth-order valence-electron chi connectivity index (χ4n) is 3.46. The van der Waals surface area contributed by atoms with E-state index in [4.69, 9.17) is 11.6 Å². The van der Waals surface area contributed by atoms with E-state index in [9.17, 15) is 4.79 Å². The second kappa shape index (κ2) is 6.44. The van der Waals surface area contributed by atoms with E-state index < -0.39 is 5.41 Å². The van der Waals surface area contributed by atoms with E-state index in [2.05, 4.69) is 11.7 Å². The van der Waals surface area contributed by atoms with Crippen molar-refractivity contribution in [1.82, 2.24) is 9.78 Å². The highest BCUT2D eigenvalue weighted by Crippen LogP contribution is 2.44. The van der Waals surface area contributed by atoms with Crippen molar-refractivity contribution in [3.63, 3.8) is 0 Å². The lowest BCUT2D eigenvalue weighted by Crippen LogP contribution is -2.48. The molecule has 2 atom stereocenters. The number of hydrogen-bond donors (Lipinski definition) is 0. The lowest BCUT2D eigenvalue weighted by Gasteiger charge is -2.44. The first kappa shape index (κ1) is 16.8. The van der Waals surface area contributed by atoms with Gasteiger partial charge >= 0.3 is 0 Å². The molecular weight excluding hydrogens is 322 g/mol. The second-order valence-electron chi connectivity index (χ2n) is 6.71. The van der Waals surface area contributed by atoms with E-state index >= 15 is 0 Å². The van der Waals surface area contributed by atoms with Crippen molar-refractivity contribution in [3.05, 3.63) is 59.9 Å². The zero-order valence-corrected chi connectivity index (χ0v) is 14.8. The maximum atomic E-state index is 13.3. The molecule has 0 N–H and O–H groups in total. The molecule has 1 fully saturated rings. The average Bonchev–Trinajstić information content (AvgIpc) is 2.97. The van der Waals surface area contributed by atoms with Crippen LogP contribution in [0.3, 0.4) is 0 Å². The summed E-state index contributed by atoms with van der Waals surface area (Å²) in [6.07, 6.45) is 7.88. The standard InChI is InChI=1S/C19H22ClN3O/c1-4-10-19(2)11-9-17(14-5-7-15(20)8-6-14)23(18(19)24)16-12-21-22(3)13-16/h4-8,12-13,17H,1,9-11H2,2-3H3/t17?,19-/m0/s1. The van der Waals surface area contributed by atoms with Gasteiger partial charge < -0.3 is 4.90 Å². The predicted octanol–water partition coefficient (Wildman–Crippen LogP) is 4.52. The third-order valence-electron chi connectivity index (χ3n) is 4.84. The minimum Gasteiger partial charge on any atom is -0.301 e. The Balaban J connectivity index is 2.03. The van der Waals surface area contributed by atoms with Crippen LogP contribution in [-0.4, -0.2) is 15.7 Å². The summed E-state index contributed by atoms with van der Waals surface area (Å²) in [7, 11) is 1.86. The van der Waals surface area contributed by atoms with Crippen molar-refractivity contribution in [2.75, 3.05) is 4.90 Å². The topological polar surface area (TPSA) is 38.1 Å². The average molecular weight is 344 g/mol. The lowest BCUT2D eigenvalue weighted by molar-refractivity contribution is -0.130. The number of carbonyl (C=O) groups is 1. The molecule has 0 spiro atoms. The zero-order chi connectivity index (χ0) is 17.3. The summed E-state index contributed by atoms with van der Waals surface area (Å²) in [5.74, 6) is 0.126. The van der Waals surface area contributed by atoms with Gasteiger partial charge in [0.05, 0.1) is 23.3 Å². The first-order valence-corrected chi connectivity index (χ1v) is 8.51. The van der Waals surface area contributed by atoms with Crippen LogP contribution >= 0.6 is 11.6 Å². The fourth-order valence-corrected chi connectivity index (χ4v) is 3.59. The van der Waals surface area contributed by atoms with Crippen molar-refractivity contribution in [3.8, 4) is 0 Å². The third kappa shape index (κ3) is 2.98. The maximum Gasteiger partial charge on any atom is 0.233 e. The molecule has 3 rings (SSSR count). The van der Waals surface area contributed by atoms with E-state index in [1.807, 2.05) is 55.4 Å². The molecule has 1 amide bonds. The minimum absolute atomic E-state index is 0.00291. The Bertz CT molecular complexity index is 752. The summed E-state index contributed by atoms with van der Waals surface area (Å²) >= 11 is 6.02. The Morgan fingerprint density at radius 2 is 2.12 bits per heavy atom. The molecule has 1 aromatic heterocycles. The number of piperidine rings is 1. The number of amides is 1.